The molecule has 8 nitrogen and oxygen atoms in total. The predicted molar refractivity (Wildman–Crippen MR) is 130 cm³/mol. The van der Waals surface area contributed by atoms with Crippen LogP contribution in [0.3, 0.4) is 0 Å². The molecular formula is C26H27N5O3. The third-order valence-corrected chi connectivity index (χ3v) is 6.66. The van der Waals surface area contributed by atoms with Crippen molar-refractivity contribution in [1.82, 2.24) is 19.2 Å². The largest absolute Gasteiger partial charge is 0.395 e. The van der Waals surface area contributed by atoms with E-state index in [0.29, 0.717) is 17.3 Å². The first-order chi connectivity index (χ1) is 16.4. The van der Waals surface area contributed by atoms with Crippen molar-refractivity contribution in [1.29, 1.82) is 0 Å². The van der Waals surface area contributed by atoms with Crippen LogP contribution in [0.4, 0.5) is 5.69 Å². The number of hydrogen-bond donors (Lipinski definition) is 2. The van der Waals surface area contributed by atoms with E-state index in [9.17, 15) is 14.7 Å². The van der Waals surface area contributed by atoms with E-state index in [-0.39, 0.29) is 30.0 Å². The normalized spacial score (nSPS) is 14.3. The second kappa shape index (κ2) is 8.53. The van der Waals surface area contributed by atoms with Gasteiger partial charge in [-0.25, -0.2) is 0 Å². The SMILES string of the molecule is CCc1ccc(NC(=O)Cn2c(C)cc(=O)n3nc(-c4ccc(C5(CO)CC5)cc4)nc23)cc1. The van der Waals surface area contributed by atoms with Gasteiger partial charge in [0.25, 0.3) is 5.56 Å². The molecule has 0 spiro atoms. The molecule has 8 heteroatoms. The predicted octanol–water partition coefficient (Wildman–Crippen LogP) is 3.09. The summed E-state index contributed by atoms with van der Waals surface area (Å²) in [6.07, 6.45) is 2.90. The molecule has 2 aromatic heterocycles. The van der Waals surface area contributed by atoms with Gasteiger partial charge >= 0.3 is 0 Å². The fourth-order valence-corrected chi connectivity index (χ4v) is 4.25. The van der Waals surface area contributed by atoms with E-state index in [1.807, 2.05) is 48.5 Å². The van der Waals surface area contributed by atoms with Crippen LogP contribution in [0.25, 0.3) is 17.2 Å². The van der Waals surface area contributed by atoms with Crippen molar-refractivity contribution in [3.05, 3.63) is 81.8 Å². The number of nitrogens with one attached hydrogen (secondary N) is 1. The number of amides is 1. The Morgan fingerprint density at radius 1 is 1.12 bits per heavy atom. The van der Waals surface area contributed by atoms with E-state index in [1.165, 1.54) is 16.1 Å². The van der Waals surface area contributed by atoms with E-state index in [4.69, 9.17) is 0 Å². The van der Waals surface area contributed by atoms with Crippen LogP contribution in [0.5, 0.6) is 0 Å². The standard InChI is InChI=1S/C26H27N5O3/c1-3-18-4-10-21(11-5-18)27-22(33)15-30-17(2)14-23(34)31-25(30)28-24(29-31)19-6-8-20(9-7-19)26(16-32)12-13-26/h4-11,14,32H,3,12-13,15-16H2,1-2H3,(H,27,33). The van der Waals surface area contributed by atoms with Crippen LogP contribution >= 0.6 is 0 Å². The molecular weight excluding hydrogens is 430 g/mol. The molecule has 2 heterocycles. The number of aliphatic hydroxyl groups is 1. The highest BCUT2D eigenvalue weighted by molar-refractivity contribution is 5.90. The van der Waals surface area contributed by atoms with Crippen LogP contribution in [0, 0.1) is 6.92 Å². The van der Waals surface area contributed by atoms with Gasteiger partial charge in [0.05, 0.1) is 6.61 Å². The van der Waals surface area contributed by atoms with Crippen molar-refractivity contribution in [2.45, 2.75) is 45.1 Å². The Balaban J connectivity index is 1.43. The molecule has 2 aromatic carbocycles. The molecule has 4 aromatic rings. The molecule has 1 fully saturated rings. The van der Waals surface area contributed by atoms with Crippen LogP contribution in [-0.4, -0.2) is 36.8 Å². The number of carbonyl (C=O) groups is 1. The Morgan fingerprint density at radius 3 is 2.44 bits per heavy atom. The van der Waals surface area contributed by atoms with E-state index >= 15 is 0 Å². The summed E-state index contributed by atoms with van der Waals surface area (Å²) in [5.74, 6) is 0.507. The lowest BCUT2D eigenvalue weighted by Gasteiger charge is -2.12. The van der Waals surface area contributed by atoms with Gasteiger partial charge in [-0.1, -0.05) is 43.3 Å². The zero-order chi connectivity index (χ0) is 23.9. The quantitative estimate of drug-likeness (QED) is 0.444. The minimum Gasteiger partial charge on any atom is -0.395 e. The molecule has 1 aliphatic carbocycles. The first-order valence-electron chi connectivity index (χ1n) is 11.5. The summed E-state index contributed by atoms with van der Waals surface area (Å²) >= 11 is 0. The molecule has 0 saturated heterocycles. The smallest absolute Gasteiger partial charge is 0.275 e. The summed E-state index contributed by atoms with van der Waals surface area (Å²) in [5.41, 5.74) is 4.00. The fourth-order valence-electron chi connectivity index (χ4n) is 4.25. The molecule has 2 N–H and O–H groups in total. The Kier molecular flexibility index (Phi) is 5.53. The van der Waals surface area contributed by atoms with E-state index in [1.54, 1.807) is 11.5 Å². The molecule has 1 saturated carbocycles. The van der Waals surface area contributed by atoms with Crippen LogP contribution < -0.4 is 10.9 Å². The molecule has 1 aliphatic rings. The maximum absolute atomic E-state index is 12.8. The summed E-state index contributed by atoms with van der Waals surface area (Å²) in [6, 6.07) is 17.0. The molecule has 1 amide bonds. The molecule has 0 atom stereocenters. The lowest BCUT2D eigenvalue weighted by molar-refractivity contribution is -0.116. The van der Waals surface area contributed by atoms with Crippen LogP contribution in [0.15, 0.2) is 59.4 Å². The summed E-state index contributed by atoms with van der Waals surface area (Å²) in [5, 5.41) is 17.0. The molecule has 5 rings (SSSR count). The van der Waals surface area contributed by atoms with Gasteiger partial charge in [-0.3, -0.25) is 9.59 Å². The molecule has 0 unspecified atom stereocenters. The number of aliphatic hydroxyl groups excluding tert-OH is 1. The number of rotatable bonds is 7. The fraction of sp³-hybridized carbons (Fsp3) is 0.308. The van der Waals surface area contributed by atoms with Crippen molar-refractivity contribution in [3.8, 4) is 11.4 Å². The zero-order valence-corrected chi connectivity index (χ0v) is 19.3. The zero-order valence-electron chi connectivity index (χ0n) is 19.3. The highest BCUT2D eigenvalue weighted by Crippen LogP contribution is 2.47. The van der Waals surface area contributed by atoms with Crippen LogP contribution in [-0.2, 0) is 23.2 Å². The van der Waals surface area contributed by atoms with Crippen molar-refractivity contribution < 1.29 is 9.90 Å². The number of carbonyl (C=O) groups excluding carboxylic acids is 1. The van der Waals surface area contributed by atoms with E-state index in [2.05, 4.69) is 22.3 Å². The third-order valence-electron chi connectivity index (χ3n) is 6.66. The molecule has 174 valence electrons. The third kappa shape index (κ3) is 4.01. The average molecular weight is 458 g/mol. The first kappa shape index (κ1) is 22.0. The number of nitrogens with zero attached hydrogens (tertiary/aromatic N) is 4. The minimum atomic E-state index is -0.299. The maximum atomic E-state index is 12.8. The lowest BCUT2D eigenvalue weighted by Crippen LogP contribution is -2.25. The number of benzene rings is 2. The monoisotopic (exact) mass is 457 g/mol. The average Bonchev–Trinajstić information content (AvgIpc) is 3.52. The number of fused-ring (bicyclic) bond motifs is 1. The highest BCUT2D eigenvalue weighted by Gasteiger charge is 2.43. The first-order valence-corrected chi connectivity index (χ1v) is 11.5. The summed E-state index contributed by atoms with van der Waals surface area (Å²) in [6.45, 7) is 4.00. The Bertz CT molecular complexity index is 1410. The van der Waals surface area contributed by atoms with Crippen molar-refractivity contribution in [2.75, 3.05) is 11.9 Å². The van der Waals surface area contributed by atoms with Gasteiger partial charge < -0.3 is 15.0 Å². The van der Waals surface area contributed by atoms with E-state index < -0.39 is 0 Å². The summed E-state index contributed by atoms with van der Waals surface area (Å²) in [7, 11) is 0. The molecule has 0 radical (unpaired) electrons. The highest BCUT2D eigenvalue weighted by atomic mass is 16.3. The Morgan fingerprint density at radius 2 is 1.82 bits per heavy atom. The summed E-state index contributed by atoms with van der Waals surface area (Å²) < 4.78 is 2.92. The molecule has 0 aliphatic heterocycles. The second-order valence-corrected chi connectivity index (χ2v) is 8.97. The Hall–Kier alpha value is -3.78. The molecule has 0 bridgehead atoms. The number of aromatic nitrogens is 4. The van der Waals surface area contributed by atoms with Crippen LogP contribution in [0.1, 0.15) is 36.6 Å². The van der Waals surface area contributed by atoms with Crippen molar-refractivity contribution in [3.63, 3.8) is 0 Å². The topological polar surface area (TPSA) is 102 Å². The summed E-state index contributed by atoms with van der Waals surface area (Å²) in [4.78, 5) is 30.0. The number of hydrogen-bond acceptors (Lipinski definition) is 5. The number of aryl methyl sites for hydroxylation is 2. The van der Waals surface area contributed by atoms with Gasteiger partial charge in [-0.05, 0) is 49.4 Å². The molecule has 34 heavy (non-hydrogen) atoms. The maximum Gasteiger partial charge on any atom is 0.275 e. The van der Waals surface area contributed by atoms with Crippen LogP contribution in [0.2, 0.25) is 0 Å². The van der Waals surface area contributed by atoms with Crippen molar-refractivity contribution in [2.24, 2.45) is 0 Å². The minimum absolute atomic E-state index is 0.00122. The van der Waals surface area contributed by atoms with Gasteiger partial charge in [-0.15, -0.1) is 5.10 Å². The Labute approximate surface area is 196 Å². The number of anilines is 1. The van der Waals surface area contributed by atoms with Gasteiger partial charge in [0.1, 0.15) is 6.54 Å². The van der Waals surface area contributed by atoms with Gasteiger partial charge in [-0.2, -0.15) is 9.50 Å². The van der Waals surface area contributed by atoms with Gasteiger partial charge in [0.15, 0.2) is 5.82 Å². The van der Waals surface area contributed by atoms with Crippen molar-refractivity contribution >= 4 is 17.4 Å². The lowest BCUT2D eigenvalue weighted by atomic mass is 9.96. The van der Waals surface area contributed by atoms with E-state index in [0.717, 1.165) is 36.1 Å². The van der Waals surface area contributed by atoms with Gasteiger partial charge in [0, 0.05) is 28.4 Å². The second-order valence-electron chi connectivity index (χ2n) is 8.97. The van der Waals surface area contributed by atoms with Gasteiger partial charge in [0.2, 0.25) is 11.7 Å².